The van der Waals surface area contributed by atoms with Gasteiger partial charge in [0.15, 0.2) is 0 Å². The van der Waals surface area contributed by atoms with Gasteiger partial charge in [0.1, 0.15) is 12.0 Å². The molecular weight excluding hydrogens is 229 g/mol. The molecule has 8 heteroatoms. The highest BCUT2D eigenvalue weighted by atomic mass is 19.1. The molecule has 0 aromatic carbocycles. The second-order valence-electron chi connectivity index (χ2n) is 3.89. The Morgan fingerprint density at radius 2 is 2.06 bits per heavy atom. The molecule has 0 aliphatic heterocycles. The predicted octanol–water partition coefficient (Wildman–Crippen LogP) is -0.744. The minimum atomic E-state index is -1.30. The number of halogens is 1. The van der Waals surface area contributed by atoms with Crippen LogP contribution in [0.4, 0.5) is 4.39 Å². The molecule has 0 fully saturated rings. The molecule has 0 aliphatic carbocycles. The van der Waals surface area contributed by atoms with Crippen LogP contribution >= 0.6 is 0 Å². The van der Waals surface area contributed by atoms with Crippen LogP contribution in [0.1, 0.15) is 12.7 Å². The van der Waals surface area contributed by atoms with E-state index in [4.69, 9.17) is 0 Å². The van der Waals surface area contributed by atoms with Crippen molar-refractivity contribution in [2.24, 2.45) is 7.05 Å². The molecule has 0 spiro atoms. The van der Waals surface area contributed by atoms with Crippen molar-refractivity contribution >= 4 is 5.78 Å². The van der Waals surface area contributed by atoms with E-state index in [1.165, 1.54) is 11.5 Å². The number of fused-ring (bicyclic) bond motifs is 1. The van der Waals surface area contributed by atoms with Gasteiger partial charge in [-0.15, -0.1) is 9.61 Å². The summed E-state index contributed by atoms with van der Waals surface area (Å²) in [5, 5.41) is 3.94. The zero-order chi connectivity index (χ0) is 12.7. The van der Waals surface area contributed by atoms with Crippen molar-refractivity contribution in [2.75, 3.05) is 0 Å². The number of hydrogen-bond acceptors (Lipinski definition) is 4. The molecule has 2 rings (SSSR count). The first-order valence-corrected chi connectivity index (χ1v) is 5.09. The molecule has 0 N–H and O–H groups in total. The van der Waals surface area contributed by atoms with Crippen LogP contribution in [0.3, 0.4) is 0 Å². The summed E-state index contributed by atoms with van der Waals surface area (Å²) in [5.74, 6) is 0.695. The number of aromatic nitrogens is 5. The van der Waals surface area contributed by atoms with E-state index in [-0.39, 0.29) is 12.3 Å². The first-order chi connectivity index (χ1) is 7.91. The topological polar surface area (TPSA) is 74.2 Å². The summed E-state index contributed by atoms with van der Waals surface area (Å²) in [5.41, 5.74) is -1.43. The van der Waals surface area contributed by atoms with Gasteiger partial charge in [-0.2, -0.15) is 4.98 Å². The SMILES string of the molecule is Cc1nn2c(=O)n(CC(C)F)c(=O)nc2n1C. The Hall–Kier alpha value is -1.99. The second kappa shape index (κ2) is 3.79. The van der Waals surface area contributed by atoms with Crippen LogP contribution in [0.25, 0.3) is 5.78 Å². The maximum atomic E-state index is 12.9. The molecule has 0 saturated heterocycles. The summed E-state index contributed by atoms with van der Waals surface area (Å²) in [6, 6.07) is 0. The summed E-state index contributed by atoms with van der Waals surface area (Å²) in [7, 11) is 1.64. The van der Waals surface area contributed by atoms with Crippen molar-refractivity contribution < 1.29 is 4.39 Å². The fourth-order valence-electron chi connectivity index (χ4n) is 1.54. The van der Waals surface area contributed by atoms with Crippen LogP contribution in [0.15, 0.2) is 9.59 Å². The lowest BCUT2D eigenvalue weighted by molar-refractivity contribution is 0.309. The number of nitrogens with zero attached hydrogens (tertiary/aromatic N) is 5. The number of alkyl halides is 1. The zero-order valence-corrected chi connectivity index (χ0v) is 9.71. The highest BCUT2D eigenvalue weighted by molar-refractivity contribution is 5.26. The summed E-state index contributed by atoms with van der Waals surface area (Å²) >= 11 is 0. The van der Waals surface area contributed by atoms with E-state index in [0.29, 0.717) is 5.82 Å². The van der Waals surface area contributed by atoms with Crippen molar-refractivity contribution in [1.29, 1.82) is 0 Å². The molecule has 0 aliphatic rings. The average Bonchev–Trinajstić information content (AvgIpc) is 2.52. The Bertz CT molecular complexity index is 681. The lowest BCUT2D eigenvalue weighted by Crippen LogP contribution is -2.41. The molecule has 2 aromatic rings. The molecule has 17 heavy (non-hydrogen) atoms. The molecule has 0 amide bonds. The Morgan fingerprint density at radius 1 is 1.41 bits per heavy atom. The second-order valence-corrected chi connectivity index (χ2v) is 3.89. The first-order valence-electron chi connectivity index (χ1n) is 5.09. The van der Waals surface area contributed by atoms with Gasteiger partial charge in [0.2, 0.25) is 5.78 Å². The third kappa shape index (κ3) is 1.75. The lowest BCUT2D eigenvalue weighted by Gasteiger charge is -2.04. The number of aryl methyl sites for hydroxylation is 2. The fraction of sp³-hybridized carbons (Fsp3) is 0.556. The molecule has 2 heterocycles. The minimum absolute atomic E-state index is 0.153. The van der Waals surface area contributed by atoms with E-state index in [0.717, 1.165) is 9.08 Å². The van der Waals surface area contributed by atoms with E-state index >= 15 is 0 Å². The third-order valence-corrected chi connectivity index (χ3v) is 2.49. The van der Waals surface area contributed by atoms with Gasteiger partial charge in [0.25, 0.3) is 0 Å². The van der Waals surface area contributed by atoms with E-state index in [2.05, 4.69) is 10.1 Å². The lowest BCUT2D eigenvalue weighted by atomic mass is 10.4. The Balaban J connectivity index is 2.81. The summed E-state index contributed by atoms with van der Waals surface area (Å²) < 4.78 is 16.1. The van der Waals surface area contributed by atoms with Gasteiger partial charge in [0.05, 0.1) is 6.54 Å². The highest BCUT2D eigenvalue weighted by Crippen LogP contribution is 1.97. The molecule has 1 unspecified atom stereocenters. The smallest absolute Gasteiger partial charge is 0.300 e. The van der Waals surface area contributed by atoms with Gasteiger partial charge < -0.3 is 0 Å². The van der Waals surface area contributed by atoms with E-state index in [9.17, 15) is 14.0 Å². The maximum Gasteiger partial charge on any atom is 0.356 e. The zero-order valence-electron chi connectivity index (χ0n) is 9.71. The Kier molecular flexibility index (Phi) is 2.56. The van der Waals surface area contributed by atoms with Crippen LogP contribution in [0, 0.1) is 6.92 Å². The van der Waals surface area contributed by atoms with Crippen LogP contribution in [-0.2, 0) is 13.6 Å². The van der Waals surface area contributed by atoms with Crippen LogP contribution < -0.4 is 11.4 Å². The predicted molar refractivity (Wildman–Crippen MR) is 57.8 cm³/mol. The Labute approximate surface area is 95.1 Å². The molecule has 1 atom stereocenters. The normalized spacial score (nSPS) is 13.2. The maximum absolute atomic E-state index is 12.9. The standard InChI is InChI=1S/C9H12FN5O2/c1-5(10)4-14-8(16)11-7-13(3)6(2)12-15(7)9(14)17/h5H,4H2,1-3H3. The van der Waals surface area contributed by atoms with Gasteiger partial charge >= 0.3 is 11.4 Å². The van der Waals surface area contributed by atoms with Crippen LogP contribution in [0.2, 0.25) is 0 Å². The summed E-state index contributed by atoms with van der Waals surface area (Å²) in [4.78, 5) is 27.2. The summed E-state index contributed by atoms with van der Waals surface area (Å²) in [6.45, 7) is 2.63. The van der Waals surface area contributed by atoms with Gasteiger partial charge in [0, 0.05) is 7.05 Å². The quantitative estimate of drug-likeness (QED) is 0.693. The van der Waals surface area contributed by atoms with Crippen LogP contribution in [-0.4, -0.2) is 29.9 Å². The molecule has 0 saturated carbocycles. The van der Waals surface area contributed by atoms with Gasteiger partial charge in [-0.1, -0.05) is 0 Å². The van der Waals surface area contributed by atoms with E-state index in [1.54, 1.807) is 14.0 Å². The van der Waals surface area contributed by atoms with E-state index < -0.39 is 17.6 Å². The van der Waals surface area contributed by atoms with Gasteiger partial charge in [-0.3, -0.25) is 4.57 Å². The molecular formula is C9H12FN5O2. The van der Waals surface area contributed by atoms with Gasteiger partial charge in [-0.05, 0) is 13.8 Å². The van der Waals surface area contributed by atoms with Crippen molar-refractivity contribution in [2.45, 2.75) is 26.6 Å². The van der Waals surface area contributed by atoms with Crippen LogP contribution in [0.5, 0.6) is 0 Å². The molecule has 0 radical (unpaired) electrons. The minimum Gasteiger partial charge on any atom is -0.300 e. The van der Waals surface area contributed by atoms with Gasteiger partial charge in [-0.25, -0.2) is 18.5 Å². The number of rotatable bonds is 2. The third-order valence-electron chi connectivity index (χ3n) is 2.49. The number of hydrogen-bond donors (Lipinski definition) is 0. The molecule has 92 valence electrons. The molecule has 0 bridgehead atoms. The Morgan fingerprint density at radius 3 is 2.65 bits per heavy atom. The molecule has 7 nitrogen and oxygen atoms in total. The monoisotopic (exact) mass is 241 g/mol. The van der Waals surface area contributed by atoms with Crippen molar-refractivity contribution in [3.63, 3.8) is 0 Å². The van der Waals surface area contributed by atoms with Crippen molar-refractivity contribution in [3.05, 3.63) is 26.8 Å². The summed E-state index contributed by atoms with van der Waals surface area (Å²) in [6.07, 6.45) is -1.30. The first kappa shape index (κ1) is 11.5. The largest absolute Gasteiger partial charge is 0.356 e. The van der Waals surface area contributed by atoms with E-state index in [1.807, 2.05) is 0 Å². The van der Waals surface area contributed by atoms with Crippen molar-refractivity contribution in [3.8, 4) is 0 Å². The average molecular weight is 241 g/mol. The molecule has 2 aromatic heterocycles. The highest BCUT2D eigenvalue weighted by Gasteiger charge is 2.14. The fourth-order valence-corrected chi connectivity index (χ4v) is 1.54. The van der Waals surface area contributed by atoms with Crippen molar-refractivity contribution in [1.82, 2.24) is 23.7 Å².